The number of carbonyl (C=O) groups is 5. The SMILES string of the molecule is CC(=O)Nc1ccc(NC(=O)COC(=O)c2ccccc2N2C(=O)[C@@H]3C4c5ccccc5C(c5ccccc54)[C@@H]3C2=O)cc1. The van der Waals surface area contributed by atoms with Crippen molar-refractivity contribution in [1.82, 2.24) is 0 Å². The first-order valence-corrected chi connectivity index (χ1v) is 14.3. The van der Waals surface area contributed by atoms with Gasteiger partial charge in [-0.25, -0.2) is 9.69 Å². The van der Waals surface area contributed by atoms with Gasteiger partial charge in [0.25, 0.3) is 5.91 Å². The maximum Gasteiger partial charge on any atom is 0.340 e. The van der Waals surface area contributed by atoms with Gasteiger partial charge in [-0.15, -0.1) is 0 Å². The molecule has 218 valence electrons. The van der Waals surface area contributed by atoms with Crippen molar-refractivity contribution in [2.45, 2.75) is 18.8 Å². The van der Waals surface area contributed by atoms with Gasteiger partial charge in [0.2, 0.25) is 17.7 Å². The molecular formula is C35H27N3O6. The predicted molar refractivity (Wildman–Crippen MR) is 162 cm³/mol. The number of ether oxygens (including phenoxy) is 1. The fraction of sp³-hybridized carbons (Fsp3) is 0.171. The van der Waals surface area contributed by atoms with Crippen LogP contribution in [0.4, 0.5) is 17.1 Å². The van der Waals surface area contributed by atoms with E-state index >= 15 is 0 Å². The van der Waals surface area contributed by atoms with Crippen molar-refractivity contribution in [1.29, 1.82) is 0 Å². The van der Waals surface area contributed by atoms with Crippen LogP contribution >= 0.6 is 0 Å². The largest absolute Gasteiger partial charge is 0.452 e. The lowest BCUT2D eigenvalue weighted by Crippen LogP contribution is -2.41. The van der Waals surface area contributed by atoms with Crippen LogP contribution in [0.3, 0.4) is 0 Å². The molecular weight excluding hydrogens is 558 g/mol. The van der Waals surface area contributed by atoms with Gasteiger partial charge in [0.1, 0.15) is 0 Å². The number of para-hydroxylation sites is 1. The summed E-state index contributed by atoms with van der Waals surface area (Å²) < 4.78 is 5.33. The maximum atomic E-state index is 14.2. The van der Waals surface area contributed by atoms with E-state index in [4.69, 9.17) is 4.74 Å². The van der Waals surface area contributed by atoms with E-state index < -0.39 is 30.3 Å². The topological polar surface area (TPSA) is 122 Å². The van der Waals surface area contributed by atoms with E-state index in [1.807, 2.05) is 48.5 Å². The Bertz CT molecular complexity index is 1750. The van der Waals surface area contributed by atoms with E-state index in [1.165, 1.54) is 13.0 Å². The van der Waals surface area contributed by atoms with Gasteiger partial charge >= 0.3 is 5.97 Å². The number of anilines is 3. The van der Waals surface area contributed by atoms with Gasteiger partial charge in [-0.1, -0.05) is 60.7 Å². The molecule has 9 heteroatoms. The van der Waals surface area contributed by atoms with Gasteiger partial charge in [-0.3, -0.25) is 19.2 Å². The number of hydrogen-bond donors (Lipinski definition) is 2. The Labute approximate surface area is 252 Å². The molecule has 1 aliphatic heterocycles. The van der Waals surface area contributed by atoms with Crippen molar-refractivity contribution in [3.8, 4) is 0 Å². The van der Waals surface area contributed by atoms with Gasteiger partial charge in [0.15, 0.2) is 6.61 Å². The molecule has 3 aliphatic carbocycles. The standard InChI is InChI=1S/C35H27N3O6/c1-19(39)36-20-14-16-21(17-15-20)37-28(40)18-44-35(43)26-12-6-7-13-27(26)38-33(41)31-29-22-8-2-3-9-23(22)30(32(31)34(38)42)25-11-5-4-10-24(25)29/h2-17,29-32H,18H2,1H3,(H,36,39)(H,37,40)/t29?,30?,31-,32+. The van der Waals surface area contributed by atoms with Gasteiger partial charge in [0, 0.05) is 30.1 Å². The van der Waals surface area contributed by atoms with Gasteiger partial charge < -0.3 is 15.4 Å². The lowest BCUT2D eigenvalue weighted by atomic mass is 9.55. The van der Waals surface area contributed by atoms with E-state index in [-0.39, 0.29) is 40.8 Å². The Morgan fingerprint density at radius 1 is 0.659 bits per heavy atom. The summed E-state index contributed by atoms with van der Waals surface area (Å²) in [5, 5.41) is 5.27. The third-order valence-electron chi connectivity index (χ3n) is 8.64. The zero-order chi connectivity index (χ0) is 30.5. The smallest absolute Gasteiger partial charge is 0.340 e. The Morgan fingerprint density at radius 2 is 1.11 bits per heavy atom. The number of esters is 1. The molecule has 1 saturated heterocycles. The third kappa shape index (κ3) is 4.36. The van der Waals surface area contributed by atoms with Crippen LogP contribution in [0.25, 0.3) is 0 Å². The highest BCUT2D eigenvalue weighted by Gasteiger charge is 2.62. The summed E-state index contributed by atoms with van der Waals surface area (Å²) in [6.07, 6.45) is 0. The van der Waals surface area contributed by atoms with E-state index in [1.54, 1.807) is 42.5 Å². The Morgan fingerprint density at radius 3 is 1.61 bits per heavy atom. The van der Waals surface area contributed by atoms with E-state index in [0.717, 1.165) is 27.2 Å². The van der Waals surface area contributed by atoms with E-state index in [2.05, 4.69) is 10.6 Å². The Balaban J connectivity index is 1.12. The third-order valence-corrected chi connectivity index (χ3v) is 8.64. The van der Waals surface area contributed by atoms with Crippen LogP contribution in [0.15, 0.2) is 97.1 Å². The molecule has 0 spiro atoms. The van der Waals surface area contributed by atoms with Crippen LogP contribution in [0.1, 0.15) is 51.4 Å². The first-order chi connectivity index (χ1) is 21.3. The summed E-state index contributed by atoms with van der Waals surface area (Å²) >= 11 is 0. The minimum absolute atomic E-state index is 0.0164. The fourth-order valence-electron chi connectivity index (χ4n) is 7.00. The lowest BCUT2D eigenvalue weighted by Gasteiger charge is -2.45. The predicted octanol–water partition coefficient (Wildman–Crippen LogP) is 4.84. The van der Waals surface area contributed by atoms with Gasteiger partial charge in [-0.2, -0.15) is 0 Å². The molecule has 1 fully saturated rings. The molecule has 0 saturated carbocycles. The first-order valence-electron chi connectivity index (χ1n) is 14.3. The average Bonchev–Trinajstić information content (AvgIpc) is 3.30. The Hall–Kier alpha value is -5.57. The number of amides is 4. The number of benzene rings is 4. The van der Waals surface area contributed by atoms with Crippen molar-refractivity contribution in [2.75, 3.05) is 22.1 Å². The molecule has 9 nitrogen and oxygen atoms in total. The molecule has 0 aromatic heterocycles. The molecule has 2 N–H and O–H groups in total. The highest BCUT2D eigenvalue weighted by molar-refractivity contribution is 6.25. The van der Waals surface area contributed by atoms with Crippen molar-refractivity contribution >= 4 is 46.7 Å². The normalized spacial score (nSPS) is 20.8. The van der Waals surface area contributed by atoms with Crippen molar-refractivity contribution in [3.05, 3.63) is 125 Å². The van der Waals surface area contributed by atoms with Crippen molar-refractivity contribution in [3.63, 3.8) is 0 Å². The molecule has 0 unspecified atom stereocenters. The quantitative estimate of drug-likeness (QED) is 0.247. The summed E-state index contributed by atoms with van der Waals surface area (Å²) in [6.45, 7) is 0.815. The van der Waals surface area contributed by atoms with Crippen LogP contribution in [0.2, 0.25) is 0 Å². The van der Waals surface area contributed by atoms with Gasteiger partial charge in [-0.05, 0) is 58.7 Å². The van der Waals surface area contributed by atoms with E-state index in [9.17, 15) is 24.0 Å². The number of rotatable bonds is 6. The Kier molecular flexibility index (Phi) is 6.58. The monoisotopic (exact) mass is 585 g/mol. The molecule has 44 heavy (non-hydrogen) atoms. The van der Waals surface area contributed by atoms with Crippen molar-refractivity contribution in [2.24, 2.45) is 11.8 Å². The number of nitrogens with zero attached hydrogens (tertiary/aromatic N) is 1. The average molecular weight is 586 g/mol. The van der Waals surface area contributed by atoms with Gasteiger partial charge in [0.05, 0.1) is 23.1 Å². The molecule has 1 heterocycles. The number of hydrogen-bond acceptors (Lipinski definition) is 6. The van der Waals surface area contributed by atoms with Crippen LogP contribution in [-0.4, -0.2) is 36.2 Å². The number of carbonyl (C=O) groups excluding carboxylic acids is 5. The summed E-state index contributed by atoms with van der Waals surface area (Å²) in [5.41, 5.74) is 5.42. The van der Waals surface area contributed by atoms with Crippen LogP contribution in [0, 0.1) is 11.8 Å². The van der Waals surface area contributed by atoms with Crippen molar-refractivity contribution < 1.29 is 28.7 Å². The minimum atomic E-state index is -0.832. The number of nitrogens with one attached hydrogen (secondary N) is 2. The van der Waals surface area contributed by atoms with Crippen LogP contribution < -0.4 is 15.5 Å². The maximum absolute atomic E-state index is 14.2. The molecule has 8 rings (SSSR count). The summed E-state index contributed by atoms with van der Waals surface area (Å²) in [5.74, 6) is -4.04. The highest BCUT2D eigenvalue weighted by atomic mass is 16.5. The molecule has 4 aliphatic rings. The highest BCUT2D eigenvalue weighted by Crippen LogP contribution is 2.61. The molecule has 4 amide bonds. The summed E-state index contributed by atoms with van der Waals surface area (Å²) in [6, 6.07) is 28.7. The molecule has 2 bridgehead atoms. The second-order valence-electron chi connectivity index (χ2n) is 11.2. The van der Waals surface area contributed by atoms with Crippen LogP contribution in [-0.2, 0) is 23.9 Å². The summed E-state index contributed by atoms with van der Waals surface area (Å²) in [7, 11) is 0. The zero-order valence-electron chi connectivity index (χ0n) is 23.7. The second kappa shape index (κ2) is 10.6. The van der Waals surface area contributed by atoms with E-state index in [0.29, 0.717) is 11.4 Å². The van der Waals surface area contributed by atoms with Crippen LogP contribution in [0.5, 0.6) is 0 Å². The molecule has 4 aromatic carbocycles. The second-order valence-corrected chi connectivity index (χ2v) is 11.2. The molecule has 2 atom stereocenters. The summed E-state index contributed by atoms with van der Waals surface area (Å²) in [4.78, 5) is 66.5. The number of imide groups is 1. The molecule has 4 aromatic rings. The lowest BCUT2D eigenvalue weighted by molar-refractivity contribution is -0.123. The zero-order valence-corrected chi connectivity index (χ0v) is 23.7. The molecule has 0 radical (unpaired) electrons. The first kappa shape index (κ1) is 27.3. The fourth-order valence-corrected chi connectivity index (χ4v) is 7.00. The minimum Gasteiger partial charge on any atom is -0.452 e.